The van der Waals surface area contributed by atoms with Crippen LogP contribution in [0.5, 0.6) is 0 Å². The molecule has 0 atom stereocenters. The van der Waals surface area contributed by atoms with Crippen LogP contribution in [0.2, 0.25) is 0 Å². The Kier molecular flexibility index (Phi) is 10.7. The molecule has 0 aliphatic heterocycles. The van der Waals surface area contributed by atoms with Crippen LogP contribution < -0.4 is 10.6 Å². The van der Waals surface area contributed by atoms with Gasteiger partial charge in [0, 0.05) is 6.54 Å². The molecule has 0 saturated carbocycles. The minimum absolute atomic E-state index is 0.0566. The molecule has 0 bridgehead atoms. The third-order valence-corrected chi connectivity index (χ3v) is 6.14. The number of amides is 2. The van der Waals surface area contributed by atoms with E-state index in [-0.39, 0.29) is 22.0 Å². The summed E-state index contributed by atoms with van der Waals surface area (Å²) in [5.74, 6) is -1.79. The van der Waals surface area contributed by atoms with Crippen LogP contribution in [-0.2, 0) is 17.8 Å². The number of ether oxygens (including phenoxy) is 1. The lowest BCUT2D eigenvalue weighted by Crippen LogP contribution is -2.29. The average molecular weight is 461 g/mol. The highest BCUT2D eigenvalue weighted by Gasteiger charge is 2.27. The van der Waals surface area contributed by atoms with Crippen LogP contribution in [-0.4, -0.2) is 29.6 Å². The predicted octanol–water partition coefficient (Wildman–Crippen LogP) is 5.85. The van der Waals surface area contributed by atoms with Crippen LogP contribution in [0.1, 0.15) is 83.5 Å². The zero-order valence-electron chi connectivity index (χ0n) is 18.7. The number of thiophene rings is 1. The molecule has 0 saturated heterocycles. The van der Waals surface area contributed by atoms with E-state index in [2.05, 4.69) is 17.6 Å². The van der Waals surface area contributed by atoms with Gasteiger partial charge in [-0.05, 0) is 24.0 Å². The molecule has 0 unspecified atom stereocenters. The molecule has 3 N–H and O–H groups in total. The number of anilines is 1. The largest absolute Gasteiger partial charge is 0.478 e. The van der Waals surface area contributed by atoms with Crippen molar-refractivity contribution in [2.45, 2.75) is 65.4 Å². The summed E-state index contributed by atoms with van der Waals surface area (Å²) >= 11 is 0.936. The van der Waals surface area contributed by atoms with E-state index in [4.69, 9.17) is 4.74 Å². The molecule has 7 nitrogen and oxygen atoms in total. The number of carbonyl (C=O) groups excluding carboxylic acids is 2. The van der Waals surface area contributed by atoms with E-state index >= 15 is 0 Å². The third kappa shape index (κ3) is 7.67. The van der Waals surface area contributed by atoms with Crippen LogP contribution in [0.3, 0.4) is 0 Å². The molecule has 0 fully saturated rings. The van der Waals surface area contributed by atoms with Gasteiger partial charge in [0.1, 0.15) is 16.5 Å². The molecule has 174 valence electrons. The van der Waals surface area contributed by atoms with E-state index < -0.39 is 18.0 Å². The molecule has 0 spiro atoms. The molecule has 2 rings (SSSR count). The summed E-state index contributed by atoms with van der Waals surface area (Å²) < 4.78 is 5.38. The van der Waals surface area contributed by atoms with E-state index in [1.165, 1.54) is 19.3 Å². The van der Waals surface area contributed by atoms with Gasteiger partial charge in [0.25, 0.3) is 0 Å². The fourth-order valence-electron chi connectivity index (χ4n) is 3.32. The van der Waals surface area contributed by atoms with Gasteiger partial charge in [0.15, 0.2) is 0 Å². The lowest BCUT2D eigenvalue weighted by Gasteiger charge is -2.07. The molecule has 2 amide bonds. The summed E-state index contributed by atoms with van der Waals surface area (Å²) in [7, 11) is 0. The van der Waals surface area contributed by atoms with Gasteiger partial charge in [-0.2, -0.15) is 0 Å². The number of hydrogen-bond acceptors (Lipinski definition) is 5. The van der Waals surface area contributed by atoms with E-state index in [0.29, 0.717) is 18.5 Å². The Balaban J connectivity index is 2.00. The Bertz CT molecular complexity index is 895. The van der Waals surface area contributed by atoms with Crippen LogP contribution in [0, 0.1) is 0 Å². The van der Waals surface area contributed by atoms with Crippen molar-refractivity contribution in [2.24, 2.45) is 0 Å². The van der Waals surface area contributed by atoms with Gasteiger partial charge in [-0.15, -0.1) is 11.3 Å². The Labute approximate surface area is 193 Å². The summed E-state index contributed by atoms with van der Waals surface area (Å²) in [4.78, 5) is 37.0. The van der Waals surface area contributed by atoms with Crippen LogP contribution in [0.4, 0.5) is 9.80 Å². The van der Waals surface area contributed by atoms with Crippen molar-refractivity contribution in [3.8, 4) is 0 Å². The van der Waals surface area contributed by atoms with Crippen molar-refractivity contribution >= 4 is 34.3 Å². The van der Waals surface area contributed by atoms with Crippen molar-refractivity contribution in [2.75, 3.05) is 11.9 Å². The minimum atomic E-state index is -1.19. The first-order valence-electron chi connectivity index (χ1n) is 11.1. The lowest BCUT2D eigenvalue weighted by molar-refractivity contribution is 0.0477. The monoisotopic (exact) mass is 460 g/mol. The molecule has 1 aromatic carbocycles. The lowest BCUT2D eigenvalue weighted by atomic mass is 10.1. The number of urea groups is 1. The first-order chi connectivity index (χ1) is 15.5. The number of rotatable bonds is 13. The van der Waals surface area contributed by atoms with Crippen LogP contribution in [0.15, 0.2) is 30.3 Å². The van der Waals surface area contributed by atoms with Crippen molar-refractivity contribution in [1.82, 2.24) is 5.32 Å². The minimum Gasteiger partial charge on any atom is -0.478 e. The first kappa shape index (κ1) is 25.4. The van der Waals surface area contributed by atoms with E-state index in [1.807, 2.05) is 30.3 Å². The van der Waals surface area contributed by atoms with E-state index in [1.54, 1.807) is 6.92 Å². The van der Waals surface area contributed by atoms with Gasteiger partial charge in [0.2, 0.25) is 0 Å². The van der Waals surface area contributed by atoms with Crippen LogP contribution >= 0.6 is 11.3 Å². The van der Waals surface area contributed by atoms with Gasteiger partial charge in [-0.25, -0.2) is 14.4 Å². The highest BCUT2D eigenvalue weighted by atomic mass is 32.1. The molecule has 0 aliphatic carbocycles. The maximum absolute atomic E-state index is 12.7. The van der Waals surface area contributed by atoms with Gasteiger partial charge >= 0.3 is 18.0 Å². The number of benzene rings is 1. The summed E-state index contributed by atoms with van der Waals surface area (Å²) in [6.07, 6.45) is 6.98. The fraction of sp³-hybridized carbons (Fsp3) is 0.458. The molecule has 1 aromatic heterocycles. The SMILES string of the molecule is CCCCCCCCNC(=O)Nc1sc(C(=O)OCc2ccccc2)c(CC)c1C(=O)O. The highest BCUT2D eigenvalue weighted by molar-refractivity contribution is 7.18. The molecule has 0 aliphatic rings. The maximum atomic E-state index is 12.7. The number of nitrogens with one attached hydrogen (secondary N) is 2. The van der Waals surface area contributed by atoms with Gasteiger partial charge < -0.3 is 15.2 Å². The number of esters is 1. The first-order valence-corrected chi connectivity index (χ1v) is 11.9. The summed E-state index contributed by atoms with van der Waals surface area (Å²) in [5, 5.41) is 15.2. The molecule has 8 heteroatoms. The second-order valence-corrected chi connectivity index (χ2v) is 8.50. The topological polar surface area (TPSA) is 105 Å². The van der Waals surface area contributed by atoms with Gasteiger partial charge in [0.05, 0.1) is 5.56 Å². The summed E-state index contributed by atoms with van der Waals surface area (Å²) in [6.45, 7) is 4.54. The molecule has 1 heterocycles. The van der Waals surface area contributed by atoms with Crippen molar-refractivity contribution in [3.05, 3.63) is 51.9 Å². The standard InChI is InChI=1S/C24H32N2O5S/c1-3-5-6-7-8-12-15-25-24(30)26-21-19(22(27)28)18(4-2)20(32-21)23(29)31-16-17-13-10-9-11-14-17/h9-11,13-14H,3-8,12,15-16H2,1-2H3,(H,27,28)(H2,25,26,30). The zero-order valence-corrected chi connectivity index (χ0v) is 19.6. The number of unbranched alkanes of at least 4 members (excludes halogenated alkanes) is 5. The number of carboxylic acids is 1. The third-order valence-electron chi connectivity index (χ3n) is 5.02. The Hall–Kier alpha value is -2.87. The predicted molar refractivity (Wildman–Crippen MR) is 127 cm³/mol. The van der Waals surface area contributed by atoms with Crippen LogP contribution in [0.25, 0.3) is 0 Å². The zero-order chi connectivity index (χ0) is 23.3. The Morgan fingerprint density at radius 2 is 1.69 bits per heavy atom. The second-order valence-electron chi connectivity index (χ2n) is 7.48. The molecular formula is C24H32N2O5S. The van der Waals surface area contributed by atoms with E-state index in [0.717, 1.165) is 36.2 Å². The highest BCUT2D eigenvalue weighted by Crippen LogP contribution is 2.34. The normalized spacial score (nSPS) is 10.6. The maximum Gasteiger partial charge on any atom is 0.349 e. The van der Waals surface area contributed by atoms with Crippen molar-refractivity contribution in [3.63, 3.8) is 0 Å². The average Bonchev–Trinajstić information content (AvgIpc) is 3.16. The van der Waals surface area contributed by atoms with E-state index in [9.17, 15) is 19.5 Å². The number of carboxylic acid groups (broad SMARTS) is 1. The Morgan fingerprint density at radius 1 is 1.00 bits per heavy atom. The van der Waals surface area contributed by atoms with Crippen molar-refractivity contribution in [1.29, 1.82) is 0 Å². The molecule has 2 aromatic rings. The van der Waals surface area contributed by atoms with Gasteiger partial charge in [-0.3, -0.25) is 5.32 Å². The quantitative estimate of drug-likeness (QED) is 0.257. The number of hydrogen-bond donors (Lipinski definition) is 3. The Morgan fingerprint density at radius 3 is 2.34 bits per heavy atom. The molecular weight excluding hydrogens is 428 g/mol. The van der Waals surface area contributed by atoms with Gasteiger partial charge in [-0.1, -0.05) is 76.3 Å². The second kappa shape index (κ2) is 13.5. The number of aromatic carboxylic acids is 1. The molecule has 0 radical (unpaired) electrons. The summed E-state index contributed by atoms with van der Waals surface area (Å²) in [6, 6.07) is 8.77. The summed E-state index contributed by atoms with van der Waals surface area (Å²) in [5.41, 5.74) is 1.15. The van der Waals surface area contributed by atoms with Crippen molar-refractivity contribution < 1.29 is 24.2 Å². The molecule has 32 heavy (non-hydrogen) atoms. The fourth-order valence-corrected chi connectivity index (χ4v) is 4.50. The number of carbonyl (C=O) groups is 3. The smallest absolute Gasteiger partial charge is 0.349 e.